The minimum Gasteiger partial charge on any atom is -0.506 e. The third-order valence-electron chi connectivity index (χ3n) is 17.8. The van der Waals surface area contributed by atoms with E-state index >= 15 is 19.2 Å². The Morgan fingerprint density at radius 3 is 2.23 bits per heavy atom. The van der Waals surface area contributed by atoms with Gasteiger partial charge in [0.25, 0.3) is 23.6 Å². The highest BCUT2D eigenvalue weighted by Crippen LogP contribution is 2.43. The summed E-state index contributed by atoms with van der Waals surface area (Å²) in [7, 11) is 4.83. The number of cyclic esters (lactones) is 2. The highest BCUT2D eigenvalue weighted by molar-refractivity contribution is 7.14. The van der Waals surface area contributed by atoms with Gasteiger partial charge in [0.05, 0.1) is 76.1 Å². The predicted molar refractivity (Wildman–Crippen MR) is 386 cm³/mol. The zero-order valence-electron chi connectivity index (χ0n) is 58.7. The highest BCUT2D eigenvalue weighted by atomic mass is 32.1. The third-order valence-corrected chi connectivity index (χ3v) is 22.3. The van der Waals surface area contributed by atoms with Crippen LogP contribution in [0.1, 0.15) is 125 Å². The van der Waals surface area contributed by atoms with Gasteiger partial charge in [0.1, 0.15) is 126 Å². The molecule has 4 aliphatic heterocycles. The van der Waals surface area contributed by atoms with Gasteiger partial charge in [0.15, 0.2) is 18.1 Å². The fourth-order valence-corrected chi connectivity index (χ4v) is 16.9. The van der Waals surface area contributed by atoms with Crippen LogP contribution in [0.25, 0.3) is 49.3 Å². The molecule has 13 N–H and O–H groups in total. The molecule has 12 bridgehead atoms. The lowest BCUT2D eigenvalue weighted by Gasteiger charge is -2.48. The van der Waals surface area contributed by atoms with Crippen molar-refractivity contribution in [3.63, 3.8) is 0 Å². The normalized spacial score (nSPS) is 23.2. The summed E-state index contributed by atoms with van der Waals surface area (Å²) in [6, 6.07) is -0.640. The lowest BCUT2D eigenvalue weighted by Crippen LogP contribution is -2.62. The van der Waals surface area contributed by atoms with Gasteiger partial charge in [-0.3, -0.25) is 28.8 Å². The molecule has 1 fully saturated rings. The van der Waals surface area contributed by atoms with E-state index in [0.717, 1.165) is 56.7 Å². The number of esters is 2. The maximum atomic E-state index is 15.2. The number of aromatic nitrogens is 7. The number of aromatic hydroxyl groups is 1. The second-order valence-electron chi connectivity index (χ2n) is 25.6. The molecule has 1 unspecified atom stereocenters. The molecule has 6 amide bonds. The molecule has 8 aromatic rings. The molecule has 4 aliphatic rings. The number of nitrogens with zero attached hydrogens (tertiary/aromatic N) is 8. The van der Waals surface area contributed by atoms with Gasteiger partial charge in [0, 0.05) is 62.9 Å². The monoisotopic (exact) mass is 1590 g/mol. The molecule has 12 rings (SSSR count). The van der Waals surface area contributed by atoms with E-state index in [1.54, 1.807) is 45.0 Å². The molecule has 574 valence electrons. The quantitative estimate of drug-likeness (QED) is 0.0239. The van der Waals surface area contributed by atoms with Gasteiger partial charge in [-0.05, 0) is 59.5 Å². The van der Waals surface area contributed by atoms with Crippen LogP contribution in [-0.4, -0.2) is 241 Å². The molecule has 36 nitrogen and oxygen atoms in total. The summed E-state index contributed by atoms with van der Waals surface area (Å²) in [6.45, 7) is 5.14. The van der Waals surface area contributed by atoms with Crippen LogP contribution in [0, 0.1) is 0 Å². The number of likely N-dealkylation sites (N-methyl/N-ethyl adjacent to an activating group) is 1. The molecule has 41 heteroatoms. The summed E-state index contributed by atoms with van der Waals surface area (Å²) < 4.78 is 49.0. The number of methoxy groups -OCH3 is 1. The number of nitrogens with one attached hydrogen (secondary N) is 6. The van der Waals surface area contributed by atoms with Crippen LogP contribution in [0.4, 0.5) is 0 Å². The number of hydrogen-bond acceptors (Lipinski definition) is 34. The molecule has 0 radical (unpaired) electrons. The van der Waals surface area contributed by atoms with E-state index in [1.807, 2.05) is 0 Å². The summed E-state index contributed by atoms with van der Waals surface area (Å²) in [6.07, 6.45) is -7.62. The molecule has 1 saturated heterocycles. The first kappa shape index (κ1) is 78.2. The Balaban J connectivity index is 0.979. The Hall–Kier alpha value is -9.44. The molecule has 0 spiro atoms. The van der Waals surface area contributed by atoms with Gasteiger partial charge in [-0.15, -0.1) is 56.7 Å². The molecule has 7 aromatic heterocycles. The second kappa shape index (κ2) is 33.6. The van der Waals surface area contributed by atoms with Gasteiger partial charge in [-0.2, -0.15) is 4.73 Å². The Kier molecular flexibility index (Phi) is 24.3. The average molecular weight is 1590 g/mol. The van der Waals surface area contributed by atoms with Crippen molar-refractivity contribution in [2.45, 2.75) is 114 Å². The van der Waals surface area contributed by atoms with Crippen molar-refractivity contribution in [3.05, 3.63) is 112 Å². The van der Waals surface area contributed by atoms with Crippen LogP contribution in [0.2, 0.25) is 0 Å². The fourth-order valence-electron chi connectivity index (χ4n) is 12.7. The number of benzene rings is 1. The number of thiazole rings is 5. The number of ether oxygens (including phenoxy) is 8. The van der Waals surface area contributed by atoms with Crippen molar-refractivity contribution in [2.24, 2.45) is 5.73 Å². The SMILES string of the molecule is CO/C(C)=C1/NC(=O)[C@H]([C@@H](C)O)NC(=O)c2csc(n2)-c2cc(O)c(-c3nc(C(=O)NC(CNCCOCCOCCO)C(N)=O)cs3)nc2-c2csc(n2)[C@@H]2COC(=O)c3c4c5c(cccc5n3O)COC(=O)[C@@H](O[C@H]3C[C@](C)(O)[C@H](N(C)C)[C@H](C)O3)[C@@H](OC4)[C@H](NC(=O)c3csc1n3)c1nc(cs1)C(=O)N2. The maximum absolute atomic E-state index is 15.2. The molecule has 0 aliphatic carbocycles. The number of nitrogens with two attached hydrogens (primary N) is 1. The number of fused-ring (bicyclic) bond motifs is 15. The number of aliphatic hydroxyl groups is 3. The summed E-state index contributed by atoms with van der Waals surface area (Å²) in [5.41, 5.74) is 2.73. The molecular formula is C67H75N15O21S5. The highest BCUT2D eigenvalue weighted by Gasteiger charge is 2.50. The first-order valence-electron chi connectivity index (χ1n) is 33.5. The van der Waals surface area contributed by atoms with Crippen LogP contribution in [0.15, 0.2) is 56.9 Å². The van der Waals surface area contributed by atoms with E-state index in [-0.39, 0.29) is 151 Å². The van der Waals surface area contributed by atoms with Crippen LogP contribution in [0.5, 0.6) is 5.75 Å². The summed E-state index contributed by atoms with van der Waals surface area (Å²) in [5.74, 6) is -8.16. The zero-order valence-corrected chi connectivity index (χ0v) is 62.8. The minimum absolute atomic E-state index is 0.00264. The van der Waals surface area contributed by atoms with E-state index < -0.39 is 145 Å². The van der Waals surface area contributed by atoms with Gasteiger partial charge in [-0.1, -0.05) is 12.1 Å². The van der Waals surface area contributed by atoms with Gasteiger partial charge < -0.3 is 106 Å². The molecule has 11 atom stereocenters. The average Bonchev–Trinajstić information content (AvgIpc) is 1.52. The van der Waals surface area contributed by atoms with Crippen molar-refractivity contribution < 1.29 is 102 Å². The number of hydrogen-bond donors (Lipinski definition) is 12. The number of pyridine rings is 1. The van der Waals surface area contributed by atoms with Gasteiger partial charge in [0.2, 0.25) is 11.8 Å². The summed E-state index contributed by atoms with van der Waals surface area (Å²) >= 11 is 4.45. The van der Waals surface area contributed by atoms with Gasteiger partial charge in [-0.25, -0.2) is 39.5 Å². The largest absolute Gasteiger partial charge is 0.506 e. The number of rotatable bonds is 19. The smallest absolute Gasteiger partial charge is 0.358 e. The Bertz CT molecular complexity index is 4760. The van der Waals surface area contributed by atoms with Crippen molar-refractivity contribution in [1.82, 2.24) is 71.4 Å². The zero-order chi connectivity index (χ0) is 77.0. The summed E-state index contributed by atoms with van der Waals surface area (Å²) in [5, 5.41) is 80.0. The van der Waals surface area contributed by atoms with Crippen LogP contribution in [-0.2, 0) is 65.5 Å². The molecular weight excluding hydrogens is 1510 g/mol. The van der Waals surface area contributed by atoms with E-state index in [4.69, 9.17) is 63.7 Å². The van der Waals surface area contributed by atoms with E-state index in [2.05, 4.69) is 46.9 Å². The van der Waals surface area contributed by atoms with E-state index in [1.165, 1.54) is 60.0 Å². The van der Waals surface area contributed by atoms with E-state index in [0.29, 0.717) is 10.3 Å². The first-order valence-corrected chi connectivity index (χ1v) is 37.9. The Labute approximate surface area is 633 Å². The van der Waals surface area contributed by atoms with Crippen molar-refractivity contribution in [2.75, 3.05) is 73.9 Å². The summed E-state index contributed by atoms with van der Waals surface area (Å²) in [4.78, 5) is 146. The fraction of sp³-hybridized carbons (Fsp3) is 0.433. The molecule has 1 aromatic carbocycles. The van der Waals surface area contributed by atoms with Gasteiger partial charge >= 0.3 is 11.9 Å². The maximum Gasteiger partial charge on any atom is 0.358 e. The standard InChI is InChI=1S/C67H75N15O21S5/c1-28(84)45-59(91)79-46(29(2)96-7)62-74-40(27-106-62)58(90)80-49-51-52(103-43-18-67(4,94)53(81(5)6)30(3)102-43)66(93)100-20-31-9-8-10-41-44(31)33(21-99-51)50(82(41)95)65(92)101-22-35(71-56(88)38-26-108-64(49)76-38)61-72-36(23-105-61)47-32(60-73-39(24-104-60)57(89)78-45)17-42(85)48(77-47)63-75-37(25-107-63)55(87)70-34(54(68)86)19-69-11-13-97-15-16-98-14-12-83/h8-10,17,23-28,30,34-35,43,45,49,51-53,69,83-85,94-95H,11-16,18-22H2,1-7H3,(H2,68,86)(H,70,87)(H,71,88)(H,78,89)(H,79,91)(H,80,90)/b46-29+/t28-,30+,34?,35+,43+,45+,49+,51+,52+,53-,67+/m1/s1. The first-order chi connectivity index (χ1) is 51.7. The number of carbonyl (C=O) groups excluding carboxylic acids is 8. The van der Waals surface area contributed by atoms with Crippen molar-refractivity contribution in [3.8, 4) is 38.4 Å². The number of amides is 6. The molecule has 0 saturated carbocycles. The van der Waals surface area contributed by atoms with Crippen molar-refractivity contribution in [1.29, 1.82) is 0 Å². The lowest BCUT2D eigenvalue weighted by atomic mass is 9.85. The Morgan fingerprint density at radius 1 is 0.833 bits per heavy atom. The number of primary amides is 1. The molecule has 11 heterocycles. The van der Waals surface area contributed by atoms with E-state index in [9.17, 15) is 39.7 Å². The number of aliphatic hydroxyl groups excluding tert-OH is 2. The molecule has 108 heavy (non-hydrogen) atoms. The Morgan fingerprint density at radius 2 is 1.51 bits per heavy atom. The van der Waals surface area contributed by atoms with Crippen LogP contribution >= 0.6 is 56.7 Å². The third kappa shape index (κ3) is 16.9. The van der Waals surface area contributed by atoms with Crippen LogP contribution < -0.4 is 37.6 Å². The van der Waals surface area contributed by atoms with Crippen LogP contribution in [0.3, 0.4) is 0 Å². The number of carbonyl (C=O) groups is 8. The van der Waals surface area contributed by atoms with Crippen molar-refractivity contribution >= 4 is 121 Å². The minimum atomic E-state index is -1.93. The number of allylic oxidation sites excluding steroid dienone is 1. The predicted octanol–water partition coefficient (Wildman–Crippen LogP) is 2.36. The second-order valence-corrected chi connectivity index (χ2v) is 30.0. The topological polar surface area (TPSA) is 495 Å². The lowest BCUT2D eigenvalue weighted by molar-refractivity contribution is -0.280.